The average Bonchev–Trinajstić information content (AvgIpc) is 2.45. The van der Waals surface area contributed by atoms with Crippen LogP contribution in [0.2, 0.25) is 0 Å². The summed E-state index contributed by atoms with van der Waals surface area (Å²) in [6.45, 7) is 0.183. The van der Waals surface area contributed by atoms with Crippen molar-refractivity contribution < 1.29 is 19.5 Å². The third kappa shape index (κ3) is 5.46. The van der Waals surface area contributed by atoms with Gasteiger partial charge in [-0.15, -0.1) is 0 Å². The minimum absolute atomic E-state index is 0.00839. The number of urea groups is 1. The van der Waals surface area contributed by atoms with E-state index in [9.17, 15) is 19.5 Å². The van der Waals surface area contributed by atoms with Crippen LogP contribution in [0.3, 0.4) is 0 Å². The summed E-state index contributed by atoms with van der Waals surface area (Å²) in [7, 11) is 1.52. The van der Waals surface area contributed by atoms with Crippen LogP contribution >= 0.6 is 0 Å². The zero-order valence-corrected chi connectivity index (χ0v) is 11.8. The zero-order valence-electron chi connectivity index (χ0n) is 11.8. The highest BCUT2D eigenvalue weighted by Crippen LogP contribution is 2.26. The maximum atomic E-state index is 11.7. The topological polar surface area (TPSA) is 108 Å². The minimum atomic E-state index is -1.00. The fraction of sp³-hybridized carbons (Fsp3) is 0.769. The lowest BCUT2D eigenvalue weighted by Gasteiger charge is -2.28. The van der Waals surface area contributed by atoms with Gasteiger partial charge in [0.1, 0.15) is 6.04 Å². The molecular formula is C13H23N3O4. The molecule has 1 atom stereocenters. The molecule has 7 nitrogen and oxygen atoms in total. The number of hydrogen-bond acceptors (Lipinski definition) is 3. The van der Waals surface area contributed by atoms with Crippen molar-refractivity contribution in [1.29, 1.82) is 0 Å². The number of carboxylic acid groups (broad SMARTS) is 1. The van der Waals surface area contributed by atoms with E-state index >= 15 is 0 Å². The standard InChI is InChI=1S/C13H23N3O4/c1-14-10(17)7-8-15-13(20)16-11(12(18)19)9-5-3-2-4-6-9/h9,11H,2-8H2,1H3,(H,14,17)(H,18,19)(H2,15,16,20). The highest BCUT2D eigenvalue weighted by molar-refractivity contribution is 5.83. The van der Waals surface area contributed by atoms with Crippen molar-refractivity contribution in [2.24, 2.45) is 5.92 Å². The molecule has 0 saturated heterocycles. The summed E-state index contributed by atoms with van der Waals surface area (Å²) in [4.78, 5) is 33.9. The second-order valence-corrected chi connectivity index (χ2v) is 5.04. The van der Waals surface area contributed by atoms with Crippen molar-refractivity contribution in [1.82, 2.24) is 16.0 Å². The van der Waals surface area contributed by atoms with Crippen molar-refractivity contribution >= 4 is 17.9 Å². The third-order valence-corrected chi connectivity index (χ3v) is 3.59. The van der Waals surface area contributed by atoms with Crippen LogP contribution in [-0.2, 0) is 9.59 Å². The summed E-state index contributed by atoms with van der Waals surface area (Å²) in [6.07, 6.45) is 4.97. The smallest absolute Gasteiger partial charge is 0.326 e. The van der Waals surface area contributed by atoms with Gasteiger partial charge in [0.2, 0.25) is 5.91 Å². The summed E-state index contributed by atoms with van der Waals surface area (Å²) in [5, 5.41) is 16.7. The maximum absolute atomic E-state index is 11.7. The first-order valence-corrected chi connectivity index (χ1v) is 7.02. The molecule has 0 bridgehead atoms. The van der Waals surface area contributed by atoms with Crippen molar-refractivity contribution in [3.8, 4) is 0 Å². The van der Waals surface area contributed by atoms with Crippen LogP contribution in [0, 0.1) is 5.92 Å². The van der Waals surface area contributed by atoms with Gasteiger partial charge in [-0.25, -0.2) is 9.59 Å². The van der Waals surface area contributed by atoms with Gasteiger partial charge in [0.15, 0.2) is 0 Å². The molecule has 1 fully saturated rings. The summed E-state index contributed by atoms with van der Waals surface area (Å²) in [5.41, 5.74) is 0. The molecule has 0 aromatic carbocycles. The molecule has 0 aromatic heterocycles. The number of carboxylic acids is 1. The minimum Gasteiger partial charge on any atom is -0.480 e. The quantitative estimate of drug-likeness (QED) is 0.568. The van der Waals surface area contributed by atoms with E-state index in [1.54, 1.807) is 0 Å². The van der Waals surface area contributed by atoms with E-state index in [0.29, 0.717) is 0 Å². The van der Waals surface area contributed by atoms with Crippen molar-refractivity contribution in [2.75, 3.05) is 13.6 Å². The van der Waals surface area contributed by atoms with Gasteiger partial charge >= 0.3 is 12.0 Å². The molecule has 1 saturated carbocycles. The van der Waals surface area contributed by atoms with Gasteiger partial charge in [0.25, 0.3) is 0 Å². The molecule has 20 heavy (non-hydrogen) atoms. The van der Waals surface area contributed by atoms with Gasteiger partial charge in [0, 0.05) is 20.0 Å². The highest BCUT2D eigenvalue weighted by Gasteiger charge is 2.30. The summed E-state index contributed by atoms with van der Waals surface area (Å²) >= 11 is 0. The Morgan fingerprint density at radius 2 is 1.85 bits per heavy atom. The molecule has 0 aromatic rings. The zero-order chi connectivity index (χ0) is 15.0. The van der Waals surface area contributed by atoms with Crippen LogP contribution in [0.5, 0.6) is 0 Å². The molecule has 114 valence electrons. The molecule has 1 rings (SSSR count). The van der Waals surface area contributed by atoms with Crippen LogP contribution in [0.15, 0.2) is 0 Å². The van der Waals surface area contributed by atoms with E-state index in [4.69, 9.17) is 0 Å². The first-order valence-electron chi connectivity index (χ1n) is 7.02. The number of carbonyl (C=O) groups excluding carboxylic acids is 2. The molecule has 4 N–H and O–H groups in total. The lowest BCUT2D eigenvalue weighted by molar-refractivity contribution is -0.141. The van der Waals surface area contributed by atoms with Gasteiger partial charge in [-0.3, -0.25) is 4.79 Å². The molecule has 1 unspecified atom stereocenters. The molecular weight excluding hydrogens is 262 g/mol. The molecule has 0 spiro atoms. The van der Waals surface area contributed by atoms with Gasteiger partial charge in [-0.1, -0.05) is 19.3 Å². The first-order chi connectivity index (χ1) is 9.54. The third-order valence-electron chi connectivity index (χ3n) is 3.59. The van der Waals surface area contributed by atoms with E-state index in [1.165, 1.54) is 7.05 Å². The first kappa shape index (κ1) is 16.3. The SMILES string of the molecule is CNC(=O)CCNC(=O)NC(C(=O)O)C1CCCCC1. The molecule has 1 aliphatic carbocycles. The molecule has 1 aliphatic rings. The Balaban J connectivity index is 2.38. The highest BCUT2D eigenvalue weighted by atomic mass is 16.4. The Bertz CT molecular complexity index is 354. The molecule has 0 aliphatic heterocycles. The summed E-state index contributed by atoms with van der Waals surface area (Å²) in [5.74, 6) is -1.18. The van der Waals surface area contributed by atoms with E-state index in [0.717, 1.165) is 32.1 Å². The number of aliphatic carboxylic acids is 1. The molecule has 3 amide bonds. The lowest BCUT2D eigenvalue weighted by atomic mass is 9.84. The monoisotopic (exact) mass is 285 g/mol. The Kier molecular flexibility index (Phi) is 6.83. The lowest BCUT2D eigenvalue weighted by Crippen LogP contribution is -2.50. The normalized spacial score (nSPS) is 17.1. The number of amides is 3. The van der Waals surface area contributed by atoms with Crippen LogP contribution in [0.1, 0.15) is 38.5 Å². The molecule has 0 heterocycles. The maximum Gasteiger partial charge on any atom is 0.326 e. The molecule has 0 radical (unpaired) electrons. The predicted molar refractivity (Wildman–Crippen MR) is 73.2 cm³/mol. The van der Waals surface area contributed by atoms with Crippen LogP contribution in [0.25, 0.3) is 0 Å². The Morgan fingerprint density at radius 3 is 2.40 bits per heavy atom. The fourth-order valence-corrected chi connectivity index (χ4v) is 2.46. The van der Waals surface area contributed by atoms with Crippen molar-refractivity contribution in [3.63, 3.8) is 0 Å². The Morgan fingerprint density at radius 1 is 1.20 bits per heavy atom. The predicted octanol–water partition coefficient (Wildman–Crippen LogP) is 0.455. The fourth-order valence-electron chi connectivity index (χ4n) is 2.46. The number of rotatable bonds is 6. The number of carbonyl (C=O) groups is 3. The summed E-state index contributed by atoms with van der Waals surface area (Å²) in [6, 6.07) is -1.39. The van der Waals surface area contributed by atoms with E-state index < -0.39 is 18.0 Å². The largest absolute Gasteiger partial charge is 0.480 e. The average molecular weight is 285 g/mol. The van der Waals surface area contributed by atoms with Crippen LogP contribution in [0.4, 0.5) is 4.79 Å². The van der Waals surface area contributed by atoms with Gasteiger partial charge in [-0.2, -0.15) is 0 Å². The summed E-state index contributed by atoms with van der Waals surface area (Å²) < 4.78 is 0. The van der Waals surface area contributed by atoms with E-state index in [-0.39, 0.29) is 24.8 Å². The number of hydrogen-bond donors (Lipinski definition) is 4. The second kappa shape index (κ2) is 8.39. The van der Waals surface area contributed by atoms with E-state index in [1.807, 2.05) is 0 Å². The van der Waals surface area contributed by atoms with Crippen LogP contribution < -0.4 is 16.0 Å². The van der Waals surface area contributed by atoms with E-state index in [2.05, 4.69) is 16.0 Å². The van der Waals surface area contributed by atoms with Gasteiger partial charge < -0.3 is 21.1 Å². The number of nitrogens with one attached hydrogen (secondary N) is 3. The van der Waals surface area contributed by atoms with Crippen LogP contribution in [-0.4, -0.2) is 42.6 Å². The van der Waals surface area contributed by atoms with Crippen molar-refractivity contribution in [3.05, 3.63) is 0 Å². The van der Waals surface area contributed by atoms with Gasteiger partial charge in [0.05, 0.1) is 0 Å². The second-order valence-electron chi connectivity index (χ2n) is 5.04. The van der Waals surface area contributed by atoms with Gasteiger partial charge in [-0.05, 0) is 18.8 Å². The molecule has 7 heteroatoms. The Labute approximate surface area is 118 Å². The Hall–Kier alpha value is -1.79. The van der Waals surface area contributed by atoms with Crippen molar-refractivity contribution in [2.45, 2.75) is 44.6 Å².